The summed E-state index contributed by atoms with van der Waals surface area (Å²) in [5.74, 6) is 0.506. The highest BCUT2D eigenvalue weighted by molar-refractivity contribution is 9.10. The SMILES string of the molecule is Cc1cc2c(cc1Br)C(=O)N([C@H]1CCOC[C@@H]1O)CO2. The van der Waals surface area contributed by atoms with E-state index in [1.807, 2.05) is 13.0 Å². The summed E-state index contributed by atoms with van der Waals surface area (Å²) >= 11 is 3.43. The zero-order valence-electron chi connectivity index (χ0n) is 11.1. The monoisotopic (exact) mass is 341 g/mol. The summed E-state index contributed by atoms with van der Waals surface area (Å²) in [4.78, 5) is 14.2. The van der Waals surface area contributed by atoms with Crippen molar-refractivity contribution in [2.75, 3.05) is 19.9 Å². The predicted molar refractivity (Wildman–Crippen MR) is 75.8 cm³/mol. The molecule has 1 N–H and O–H groups in total. The molecule has 0 unspecified atom stereocenters. The number of hydrogen-bond donors (Lipinski definition) is 1. The quantitative estimate of drug-likeness (QED) is 0.844. The van der Waals surface area contributed by atoms with Crippen molar-refractivity contribution >= 4 is 21.8 Å². The van der Waals surface area contributed by atoms with Crippen molar-refractivity contribution in [3.8, 4) is 5.75 Å². The first kappa shape index (κ1) is 13.9. The standard InChI is InChI=1S/C14H16BrNO4/c1-8-4-13-9(5-10(8)15)14(18)16(7-20-13)11-2-3-19-6-12(11)17/h4-5,11-12,17H,2-3,6-7H2,1H3/t11-,12-/m0/s1. The highest BCUT2D eigenvalue weighted by Crippen LogP contribution is 2.32. The van der Waals surface area contributed by atoms with Crippen LogP contribution in [0.5, 0.6) is 5.75 Å². The van der Waals surface area contributed by atoms with Gasteiger partial charge in [0.25, 0.3) is 5.91 Å². The van der Waals surface area contributed by atoms with Crippen LogP contribution in [-0.4, -0.2) is 48.0 Å². The van der Waals surface area contributed by atoms with E-state index in [1.165, 1.54) is 0 Å². The molecule has 0 saturated carbocycles. The van der Waals surface area contributed by atoms with Crippen LogP contribution in [0.15, 0.2) is 16.6 Å². The molecular formula is C14H16BrNO4. The number of halogens is 1. The van der Waals surface area contributed by atoms with Crippen molar-refractivity contribution in [3.05, 3.63) is 27.7 Å². The van der Waals surface area contributed by atoms with Crippen molar-refractivity contribution < 1.29 is 19.4 Å². The number of hydrogen-bond acceptors (Lipinski definition) is 4. The van der Waals surface area contributed by atoms with Crippen LogP contribution in [0, 0.1) is 6.92 Å². The molecular weight excluding hydrogens is 326 g/mol. The van der Waals surface area contributed by atoms with Gasteiger partial charge in [0, 0.05) is 11.1 Å². The maximum absolute atomic E-state index is 12.6. The summed E-state index contributed by atoms with van der Waals surface area (Å²) in [5, 5.41) is 10.0. The first-order valence-electron chi connectivity index (χ1n) is 6.57. The molecule has 2 atom stereocenters. The van der Waals surface area contributed by atoms with Gasteiger partial charge in [0.1, 0.15) is 5.75 Å². The zero-order chi connectivity index (χ0) is 14.3. The van der Waals surface area contributed by atoms with Gasteiger partial charge in [-0.25, -0.2) is 0 Å². The van der Waals surface area contributed by atoms with Crippen LogP contribution in [0.25, 0.3) is 0 Å². The molecule has 0 aliphatic carbocycles. The van der Waals surface area contributed by atoms with Gasteiger partial charge in [0.05, 0.1) is 24.3 Å². The van der Waals surface area contributed by atoms with E-state index < -0.39 is 6.10 Å². The number of rotatable bonds is 1. The first-order valence-corrected chi connectivity index (χ1v) is 7.37. The molecule has 1 saturated heterocycles. The molecule has 0 spiro atoms. The molecule has 2 heterocycles. The molecule has 1 amide bonds. The Morgan fingerprint density at radius 2 is 2.25 bits per heavy atom. The van der Waals surface area contributed by atoms with Gasteiger partial charge >= 0.3 is 0 Å². The highest BCUT2D eigenvalue weighted by atomic mass is 79.9. The molecule has 1 aromatic rings. The maximum atomic E-state index is 12.6. The lowest BCUT2D eigenvalue weighted by Crippen LogP contribution is -2.54. The molecule has 2 aliphatic rings. The van der Waals surface area contributed by atoms with Crippen LogP contribution in [0.3, 0.4) is 0 Å². The number of fused-ring (bicyclic) bond motifs is 1. The molecule has 5 nitrogen and oxygen atoms in total. The van der Waals surface area contributed by atoms with E-state index in [1.54, 1.807) is 11.0 Å². The van der Waals surface area contributed by atoms with Crippen molar-refractivity contribution in [2.45, 2.75) is 25.5 Å². The number of amides is 1. The van der Waals surface area contributed by atoms with Gasteiger partial charge in [0.2, 0.25) is 0 Å². The third-order valence-electron chi connectivity index (χ3n) is 3.80. The molecule has 0 radical (unpaired) electrons. The van der Waals surface area contributed by atoms with Gasteiger partial charge in [0.15, 0.2) is 6.73 Å². The van der Waals surface area contributed by atoms with Crippen LogP contribution >= 0.6 is 15.9 Å². The van der Waals surface area contributed by atoms with Crippen LogP contribution in [-0.2, 0) is 4.74 Å². The highest BCUT2D eigenvalue weighted by Gasteiger charge is 2.36. The molecule has 1 fully saturated rings. The first-order chi connectivity index (χ1) is 9.58. The van der Waals surface area contributed by atoms with Crippen molar-refractivity contribution in [1.29, 1.82) is 0 Å². The lowest BCUT2D eigenvalue weighted by atomic mass is 10.0. The second-order valence-electron chi connectivity index (χ2n) is 5.14. The van der Waals surface area contributed by atoms with Crippen LogP contribution in [0.1, 0.15) is 22.3 Å². The second kappa shape index (κ2) is 5.35. The molecule has 20 heavy (non-hydrogen) atoms. The van der Waals surface area contributed by atoms with E-state index in [-0.39, 0.29) is 25.3 Å². The molecule has 0 bridgehead atoms. The third-order valence-corrected chi connectivity index (χ3v) is 4.66. The van der Waals surface area contributed by atoms with E-state index in [2.05, 4.69) is 15.9 Å². The number of benzene rings is 1. The summed E-state index contributed by atoms with van der Waals surface area (Å²) in [5.41, 5.74) is 1.56. The van der Waals surface area contributed by atoms with E-state index >= 15 is 0 Å². The average molecular weight is 342 g/mol. The number of aryl methyl sites for hydroxylation is 1. The van der Waals surface area contributed by atoms with Crippen molar-refractivity contribution in [2.24, 2.45) is 0 Å². The van der Waals surface area contributed by atoms with Crippen molar-refractivity contribution in [3.63, 3.8) is 0 Å². The summed E-state index contributed by atoms with van der Waals surface area (Å²) < 4.78 is 11.8. The lowest BCUT2D eigenvalue weighted by Gasteiger charge is -2.39. The van der Waals surface area contributed by atoms with Crippen molar-refractivity contribution in [1.82, 2.24) is 4.90 Å². The smallest absolute Gasteiger partial charge is 0.260 e. The van der Waals surface area contributed by atoms with Gasteiger partial charge in [-0.2, -0.15) is 0 Å². The Kier molecular flexibility index (Phi) is 3.70. The molecule has 108 valence electrons. The third kappa shape index (κ3) is 2.32. The Hall–Kier alpha value is -1.11. The Labute approximate surface area is 125 Å². The number of carbonyl (C=O) groups is 1. The minimum atomic E-state index is -0.660. The summed E-state index contributed by atoms with van der Waals surface area (Å²) in [6.07, 6.45) is -0.0368. The van der Waals surface area contributed by atoms with Gasteiger partial charge in [-0.3, -0.25) is 9.69 Å². The van der Waals surface area contributed by atoms with Gasteiger partial charge in [-0.05, 0) is 31.0 Å². The topological polar surface area (TPSA) is 59.0 Å². The minimum Gasteiger partial charge on any atom is -0.472 e. The Morgan fingerprint density at radius 1 is 1.45 bits per heavy atom. The number of ether oxygens (including phenoxy) is 2. The Bertz CT molecular complexity index is 548. The number of aliphatic hydroxyl groups is 1. The molecule has 2 aliphatic heterocycles. The lowest BCUT2D eigenvalue weighted by molar-refractivity contribution is -0.0713. The fraction of sp³-hybridized carbons (Fsp3) is 0.500. The Balaban J connectivity index is 1.90. The second-order valence-corrected chi connectivity index (χ2v) is 6.00. The van der Waals surface area contributed by atoms with Gasteiger partial charge < -0.3 is 14.6 Å². The van der Waals surface area contributed by atoms with Crippen LogP contribution in [0.2, 0.25) is 0 Å². The summed E-state index contributed by atoms with van der Waals surface area (Å²) in [6.45, 7) is 2.94. The molecule has 6 heteroatoms. The van der Waals surface area contributed by atoms with Crippen LogP contribution < -0.4 is 4.74 Å². The molecule has 0 aromatic heterocycles. The minimum absolute atomic E-state index is 0.0992. The van der Waals surface area contributed by atoms with Crippen LogP contribution in [0.4, 0.5) is 0 Å². The molecule has 1 aromatic carbocycles. The van der Waals surface area contributed by atoms with E-state index in [0.717, 1.165) is 10.0 Å². The predicted octanol–water partition coefficient (Wildman–Crippen LogP) is 1.70. The van der Waals surface area contributed by atoms with Gasteiger partial charge in [-0.1, -0.05) is 15.9 Å². The number of aliphatic hydroxyl groups excluding tert-OH is 1. The fourth-order valence-electron chi connectivity index (χ4n) is 2.62. The van der Waals surface area contributed by atoms with E-state index in [9.17, 15) is 9.90 Å². The van der Waals surface area contributed by atoms with E-state index in [4.69, 9.17) is 9.47 Å². The fourth-order valence-corrected chi connectivity index (χ4v) is 2.96. The largest absolute Gasteiger partial charge is 0.472 e. The maximum Gasteiger partial charge on any atom is 0.260 e. The number of nitrogens with zero attached hydrogens (tertiary/aromatic N) is 1. The normalized spacial score (nSPS) is 26.1. The summed E-state index contributed by atoms with van der Waals surface area (Å²) in [7, 11) is 0. The number of carbonyl (C=O) groups excluding carboxylic acids is 1. The summed E-state index contributed by atoms with van der Waals surface area (Å²) in [6, 6.07) is 3.39. The van der Waals surface area contributed by atoms with E-state index in [0.29, 0.717) is 24.3 Å². The Morgan fingerprint density at radius 3 is 3.00 bits per heavy atom. The average Bonchev–Trinajstić information content (AvgIpc) is 2.43. The molecule has 3 rings (SSSR count). The zero-order valence-corrected chi connectivity index (χ0v) is 12.7. The van der Waals surface area contributed by atoms with Gasteiger partial charge in [-0.15, -0.1) is 0 Å².